The van der Waals surface area contributed by atoms with Gasteiger partial charge in [-0.05, 0) is 31.2 Å². The highest BCUT2D eigenvalue weighted by atomic mass is 35.5. The van der Waals surface area contributed by atoms with E-state index in [0.29, 0.717) is 22.9 Å². The van der Waals surface area contributed by atoms with Crippen LogP contribution in [0, 0.1) is 17.0 Å². The zero-order valence-electron chi connectivity index (χ0n) is 12.7. The summed E-state index contributed by atoms with van der Waals surface area (Å²) < 4.78 is 5.68. The van der Waals surface area contributed by atoms with Crippen LogP contribution in [0.15, 0.2) is 47.8 Å². The van der Waals surface area contributed by atoms with Gasteiger partial charge in [-0.25, -0.2) is 4.98 Å². The van der Waals surface area contributed by atoms with Crippen LogP contribution >= 0.6 is 22.9 Å². The first-order chi connectivity index (χ1) is 11.5. The van der Waals surface area contributed by atoms with Crippen molar-refractivity contribution in [2.75, 3.05) is 0 Å². The van der Waals surface area contributed by atoms with E-state index in [0.717, 1.165) is 16.3 Å². The summed E-state index contributed by atoms with van der Waals surface area (Å²) in [6, 6.07) is 12.2. The van der Waals surface area contributed by atoms with Crippen molar-refractivity contribution < 1.29 is 9.66 Å². The van der Waals surface area contributed by atoms with Gasteiger partial charge < -0.3 is 4.74 Å². The number of aromatic nitrogens is 1. The Morgan fingerprint density at radius 3 is 2.67 bits per heavy atom. The van der Waals surface area contributed by atoms with Crippen molar-refractivity contribution in [1.82, 2.24) is 4.98 Å². The molecule has 0 aliphatic carbocycles. The van der Waals surface area contributed by atoms with E-state index >= 15 is 0 Å². The summed E-state index contributed by atoms with van der Waals surface area (Å²) in [5.74, 6) is 0.583. The normalized spacial score (nSPS) is 10.6. The van der Waals surface area contributed by atoms with Crippen LogP contribution in [0.4, 0.5) is 5.69 Å². The minimum Gasteiger partial charge on any atom is -0.487 e. The maximum atomic E-state index is 10.8. The fourth-order valence-corrected chi connectivity index (χ4v) is 3.11. The van der Waals surface area contributed by atoms with E-state index in [-0.39, 0.29) is 5.69 Å². The maximum absolute atomic E-state index is 10.8. The van der Waals surface area contributed by atoms with Gasteiger partial charge in [0.05, 0.1) is 10.6 Å². The Balaban J connectivity index is 1.68. The van der Waals surface area contributed by atoms with Crippen molar-refractivity contribution >= 4 is 28.6 Å². The average Bonchev–Trinajstić information content (AvgIpc) is 3.02. The van der Waals surface area contributed by atoms with Crippen LogP contribution in [0.2, 0.25) is 5.02 Å². The molecule has 0 aliphatic rings. The van der Waals surface area contributed by atoms with Gasteiger partial charge in [-0.1, -0.05) is 23.7 Å². The van der Waals surface area contributed by atoms with Gasteiger partial charge in [-0.15, -0.1) is 11.3 Å². The maximum Gasteiger partial charge on any atom is 0.272 e. The molecular weight excluding hydrogens is 348 g/mol. The van der Waals surface area contributed by atoms with Crippen LogP contribution in [-0.4, -0.2) is 9.91 Å². The zero-order chi connectivity index (χ0) is 17.1. The molecule has 2 aromatic carbocycles. The highest BCUT2D eigenvalue weighted by Crippen LogP contribution is 2.27. The molecule has 3 rings (SSSR count). The Morgan fingerprint density at radius 2 is 2.00 bits per heavy atom. The lowest BCUT2D eigenvalue weighted by Crippen LogP contribution is -1.97. The monoisotopic (exact) mass is 360 g/mol. The van der Waals surface area contributed by atoms with E-state index in [4.69, 9.17) is 16.3 Å². The third kappa shape index (κ3) is 3.72. The molecule has 5 nitrogen and oxygen atoms in total. The zero-order valence-corrected chi connectivity index (χ0v) is 14.3. The van der Waals surface area contributed by atoms with Gasteiger partial charge in [0.1, 0.15) is 17.4 Å². The van der Waals surface area contributed by atoms with E-state index in [1.54, 1.807) is 19.1 Å². The highest BCUT2D eigenvalue weighted by Gasteiger charge is 2.11. The van der Waals surface area contributed by atoms with Crippen LogP contribution < -0.4 is 4.74 Å². The van der Waals surface area contributed by atoms with Gasteiger partial charge in [0.15, 0.2) is 0 Å². The number of ether oxygens (including phenoxy) is 1. The number of nitro groups is 1. The van der Waals surface area contributed by atoms with E-state index in [2.05, 4.69) is 4.98 Å². The van der Waals surface area contributed by atoms with Crippen molar-refractivity contribution in [2.24, 2.45) is 0 Å². The molecule has 122 valence electrons. The molecule has 24 heavy (non-hydrogen) atoms. The summed E-state index contributed by atoms with van der Waals surface area (Å²) >= 11 is 7.42. The summed E-state index contributed by atoms with van der Waals surface area (Å²) in [6.07, 6.45) is 0. The van der Waals surface area contributed by atoms with Crippen molar-refractivity contribution in [3.8, 4) is 16.3 Å². The van der Waals surface area contributed by atoms with Crippen molar-refractivity contribution in [3.63, 3.8) is 0 Å². The summed E-state index contributed by atoms with van der Waals surface area (Å²) in [5, 5.41) is 14.3. The molecule has 0 saturated carbocycles. The number of hydrogen-bond acceptors (Lipinski definition) is 5. The molecule has 0 N–H and O–H groups in total. The third-order valence-corrected chi connectivity index (χ3v) is 4.59. The topological polar surface area (TPSA) is 65.3 Å². The summed E-state index contributed by atoms with van der Waals surface area (Å²) in [7, 11) is 0. The molecule has 0 radical (unpaired) electrons. The molecule has 0 atom stereocenters. The smallest absolute Gasteiger partial charge is 0.272 e. The number of rotatable bonds is 5. The fourth-order valence-electron chi connectivity index (χ4n) is 2.18. The number of benzene rings is 2. The summed E-state index contributed by atoms with van der Waals surface area (Å²) in [5.41, 5.74) is 2.46. The summed E-state index contributed by atoms with van der Waals surface area (Å²) in [4.78, 5) is 14.9. The molecule has 0 fully saturated rings. The quantitative estimate of drug-likeness (QED) is 0.460. The molecule has 0 saturated heterocycles. The molecule has 0 amide bonds. The predicted octanol–water partition coefficient (Wildman–Crippen LogP) is 5.26. The van der Waals surface area contributed by atoms with Gasteiger partial charge in [-0.3, -0.25) is 10.1 Å². The lowest BCUT2D eigenvalue weighted by molar-refractivity contribution is -0.385. The SMILES string of the molecule is Cc1cc(OCc2csc(-c3ccc(Cl)cc3)n2)ccc1[N+](=O)[O-]. The largest absolute Gasteiger partial charge is 0.487 e. The van der Waals surface area contributed by atoms with Gasteiger partial charge >= 0.3 is 0 Å². The van der Waals surface area contributed by atoms with Crippen LogP contribution in [0.25, 0.3) is 10.6 Å². The average molecular weight is 361 g/mol. The van der Waals surface area contributed by atoms with Crippen LogP contribution in [0.5, 0.6) is 5.75 Å². The number of halogens is 1. The second-order valence-corrected chi connectivity index (χ2v) is 6.44. The van der Waals surface area contributed by atoms with Crippen LogP contribution in [0.3, 0.4) is 0 Å². The van der Waals surface area contributed by atoms with Gasteiger partial charge in [0, 0.05) is 27.6 Å². The van der Waals surface area contributed by atoms with E-state index in [1.165, 1.54) is 17.4 Å². The Kier molecular flexibility index (Phi) is 4.78. The lowest BCUT2D eigenvalue weighted by atomic mass is 10.2. The standard InChI is InChI=1S/C17H13ClN2O3S/c1-11-8-15(6-7-16(11)20(21)22)23-9-14-10-24-17(19-14)12-2-4-13(18)5-3-12/h2-8,10H,9H2,1H3. The Labute approximate surface area is 147 Å². The minimum atomic E-state index is -0.405. The number of thiazole rings is 1. The van der Waals surface area contributed by atoms with E-state index in [9.17, 15) is 10.1 Å². The highest BCUT2D eigenvalue weighted by molar-refractivity contribution is 7.13. The van der Waals surface area contributed by atoms with Crippen molar-refractivity contribution in [3.05, 3.63) is 74.2 Å². The second kappa shape index (κ2) is 6.98. The van der Waals surface area contributed by atoms with Crippen LogP contribution in [0.1, 0.15) is 11.3 Å². The Morgan fingerprint density at radius 1 is 1.25 bits per heavy atom. The number of nitro benzene ring substituents is 1. The predicted molar refractivity (Wildman–Crippen MR) is 94.7 cm³/mol. The summed E-state index contributed by atoms with van der Waals surface area (Å²) in [6.45, 7) is 1.99. The van der Waals surface area contributed by atoms with Gasteiger partial charge in [-0.2, -0.15) is 0 Å². The first-order valence-electron chi connectivity index (χ1n) is 7.11. The lowest BCUT2D eigenvalue weighted by Gasteiger charge is -2.05. The number of hydrogen-bond donors (Lipinski definition) is 0. The fraction of sp³-hybridized carbons (Fsp3) is 0.118. The van der Waals surface area contributed by atoms with Gasteiger partial charge in [0.2, 0.25) is 0 Å². The van der Waals surface area contributed by atoms with Crippen LogP contribution in [-0.2, 0) is 6.61 Å². The molecule has 1 aromatic heterocycles. The number of nitrogens with zero attached hydrogens (tertiary/aromatic N) is 2. The van der Waals surface area contributed by atoms with Gasteiger partial charge in [0.25, 0.3) is 5.69 Å². The van der Waals surface area contributed by atoms with Crippen molar-refractivity contribution in [2.45, 2.75) is 13.5 Å². The molecule has 0 unspecified atom stereocenters. The van der Waals surface area contributed by atoms with E-state index < -0.39 is 4.92 Å². The van der Waals surface area contributed by atoms with Crippen molar-refractivity contribution in [1.29, 1.82) is 0 Å². The number of aryl methyl sites for hydroxylation is 1. The molecule has 0 spiro atoms. The molecule has 0 bridgehead atoms. The molecule has 3 aromatic rings. The minimum absolute atomic E-state index is 0.0843. The Hall–Kier alpha value is -2.44. The molecular formula is C17H13ClN2O3S. The first-order valence-corrected chi connectivity index (χ1v) is 8.37. The van der Waals surface area contributed by atoms with E-state index in [1.807, 2.05) is 29.6 Å². The first kappa shape index (κ1) is 16.4. The molecule has 7 heteroatoms. The third-order valence-electron chi connectivity index (χ3n) is 3.39. The Bertz CT molecular complexity index is 878. The molecule has 0 aliphatic heterocycles. The molecule has 1 heterocycles. The second-order valence-electron chi connectivity index (χ2n) is 5.14.